The van der Waals surface area contributed by atoms with Crippen LogP contribution in [0.1, 0.15) is 64.2 Å². The van der Waals surface area contributed by atoms with Gasteiger partial charge in [-0.2, -0.15) is 0 Å². The van der Waals surface area contributed by atoms with Gasteiger partial charge in [0.05, 0.1) is 52.8 Å². The van der Waals surface area contributed by atoms with Gasteiger partial charge in [0, 0.05) is 12.0 Å². The smallest absolute Gasteiger partial charge is 0.356 e. The van der Waals surface area contributed by atoms with E-state index in [9.17, 15) is 9.59 Å². The molecule has 0 spiro atoms. The SMILES string of the molecule is COC(=O)c1ccc(C2=CCCO2)c(OCC2CC2)n1.COC(=O)c1ccc(C2=CCOC2)c(OCC2CC2)n1. The highest BCUT2D eigenvalue weighted by Crippen LogP contribution is 2.34. The average Bonchev–Trinajstić information content (AvgIpc) is 3.89. The number of methoxy groups -OCH3 is 2. The molecule has 0 radical (unpaired) electrons. The molecule has 212 valence electrons. The van der Waals surface area contributed by atoms with Gasteiger partial charge in [-0.25, -0.2) is 19.6 Å². The van der Waals surface area contributed by atoms with Gasteiger partial charge in [0.15, 0.2) is 11.4 Å². The lowest BCUT2D eigenvalue weighted by Crippen LogP contribution is -2.09. The van der Waals surface area contributed by atoms with Gasteiger partial charge >= 0.3 is 11.9 Å². The van der Waals surface area contributed by atoms with Crippen LogP contribution in [0.5, 0.6) is 11.8 Å². The lowest BCUT2D eigenvalue weighted by atomic mass is 10.1. The molecule has 2 aliphatic heterocycles. The van der Waals surface area contributed by atoms with E-state index < -0.39 is 11.9 Å². The highest BCUT2D eigenvalue weighted by atomic mass is 16.5. The van der Waals surface area contributed by atoms with E-state index in [-0.39, 0.29) is 11.4 Å². The van der Waals surface area contributed by atoms with Crippen molar-refractivity contribution in [3.05, 3.63) is 58.9 Å². The molecule has 0 unspecified atom stereocenters. The number of rotatable bonds is 10. The molecule has 0 bridgehead atoms. The van der Waals surface area contributed by atoms with Gasteiger partial charge in [0.2, 0.25) is 11.8 Å². The van der Waals surface area contributed by atoms with E-state index in [1.807, 2.05) is 18.2 Å². The number of pyridine rings is 2. The Hall–Kier alpha value is -3.92. The summed E-state index contributed by atoms with van der Waals surface area (Å²) in [5.74, 6) is 2.05. The second-order valence-corrected chi connectivity index (χ2v) is 10.0. The fourth-order valence-electron chi connectivity index (χ4n) is 4.11. The van der Waals surface area contributed by atoms with Gasteiger partial charge in [0.1, 0.15) is 5.76 Å². The van der Waals surface area contributed by atoms with Crippen molar-refractivity contribution >= 4 is 23.3 Å². The van der Waals surface area contributed by atoms with Crippen molar-refractivity contribution in [1.82, 2.24) is 9.97 Å². The van der Waals surface area contributed by atoms with E-state index in [1.165, 1.54) is 39.9 Å². The molecule has 4 aliphatic rings. The number of carbonyl (C=O) groups excluding carboxylic acids is 2. The Bertz CT molecular complexity index is 1200. The number of hydrogen-bond donors (Lipinski definition) is 0. The molecule has 0 aromatic carbocycles. The van der Waals surface area contributed by atoms with Crippen LogP contribution in [0.15, 0.2) is 36.4 Å². The number of hydrogen-bond acceptors (Lipinski definition) is 10. The van der Waals surface area contributed by atoms with Crippen molar-refractivity contribution < 1.29 is 38.0 Å². The van der Waals surface area contributed by atoms with E-state index in [0.717, 1.165) is 28.9 Å². The molecule has 40 heavy (non-hydrogen) atoms. The van der Waals surface area contributed by atoms with Crippen LogP contribution < -0.4 is 9.47 Å². The average molecular weight is 551 g/mol. The first-order valence-electron chi connectivity index (χ1n) is 13.6. The quantitative estimate of drug-likeness (QED) is 0.392. The van der Waals surface area contributed by atoms with Crippen molar-refractivity contribution in [2.75, 3.05) is 47.3 Å². The molecule has 2 saturated carbocycles. The molecule has 2 aromatic rings. The van der Waals surface area contributed by atoms with Crippen molar-refractivity contribution in [3.8, 4) is 11.8 Å². The Morgan fingerprint density at radius 3 is 1.88 bits per heavy atom. The Morgan fingerprint density at radius 1 is 0.825 bits per heavy atom. The largest absolute Gasteiger partial charge is 0.493 e. The summed E-state index contributed by atoms with van der Waals surface area (Å²) in [7, 11) is 2.68. The first-order chi connectivity index (χ1) is 19.6. The third-order valence-corrected chi connectivity index (χ3v) is 6.84. The van der Waals surface area contributed by atoms with E-state index >= 15 is 0 Å². The number of nitrogens with zero attached hydrogens (tertiary/aromatic N) is 2. The van der Waals surface area contributed by atoms with Crippen molar-refractivity contribution in [2.24, 2.45) is 11.8 Å². The first-order valence-corrected chi connectivity index (χ1v) is 13.6. The van der Waals surface area contributed by atoms with Crippen molar-refractivity contribution in [1.29, 1.82) is 0 Å². The van der Waals surface area contributed by atoms with Crippen LogP contribution in [0.3, 0.4) is 0 Å². The van der Waals surface area contributed by atoms with Crippen LogP contribution in [0.2, 0.25) is 0 Å². The fourth-order valence-corrected chi connectivity index (χ4v) is 4.11. The predicted octanol–water partition coefficient (Wildman–Crippen LogP) is 4.49. The maximum Gasteiger partial charge on any atom is 0.356 e. The minimum atomic E-state index is -0.464. The van der Waals surface area contributed by atoms with Crippen LogP contribution in [0.25, 0.3) is 11.3 Å². The Labute approximate surface area is 233 Å². The molecule has 0 amide bonds. The number of carbonyl (C=O) groups is 2. The lowest BCUT2D eigenvalue weighted by molar-refractivity contribution is 0.0584. The molecule has 0 saturated heterocycles. The van der Waals surface area contributed by atoms with Gasteiger partial charge in [-0.1, -0.05) is 6.08 Å². The number of aromatic nitrogens is 2. The molecule has 6 rings (SSSR count). The van der Waals surface area contributed by atoms with Crippen LogP contribution in [0, 0.1) is 11.8 Å². The summed E-state index contributed by atoms with van der Waals surface area (Å²) in [6.45, 7) is 3.13. The third-order valence-electron chi connectivity index (χ3n) is 6.84. The maximum absolute atomic E-state index is 11.6. The zero-order chi connectivity index (χ0) is 27.9. The number of esters is 2. The summed E-state index contributed by atoms with van der Waals surface area (Å²) in [6, 6.07) is 6.94. The molecule has 10 nitrogen and oxygen atoms in total. The summed E-state index contributed by atoms with van der Waals surface area (Å²) < 4.78 is 31.8. The van der Waals surface area contributed by atoms with E-state index in [0.29, 0.717) is 56.6 Å². The molecule has 4 heterocycles. The monoisotopic (exact) mass is 550 g/mol. The Kier molecular flexibility index (Phi) is 8.95. The van der Waals surface area contributed by atoms with E-state index in [4.69, 9.17) is 28.4 Å². The zero-order valence-electron chi connectivity index (χ0n) is 22.9. The molecular formula is C30H34N2O8. The summed E-state index contributed by atoms with van der Waals surface area (Å²) in [5, 5.41) is 0. The van der Waals surface area contributed by atoms with Crippen LogP contribution in [0.4, 0.5) is 0 Å². The van der Waals surface area contributed by atoms with Crippen LogP contribution in [-0.2, 0) is 18.9 Å². The molecule has 0 atom stereocenters. The second-order valence-electron chi connectivity index (χ2n) is 10.0. The number of ether oxygens (including phenoxy) is 6. The van der Waals surface area contributed by atoms with Gasteiger partial charge in [0.25, 0.3) is 0 Å². The standard InChI is InChI=1S/2C15H17NO4/c1-18-15(17)13-5-4-12(11-6-7-19-9-11)14(16-13)20-8-10-2-3-10;1-18-15(17)12-7-6-11(13-3-2-8-19-13)14(16-12)20-9-10-4-5-10/h4-6,10H,2-3,7-9H2,1H3;3,6-7,10H,2,4-5,8-9H2,1H3. The topological polar surface area (TPSA) is 115 Å². The minimum Gasteiger partial charge on any atom is -0.493 e. The minimum absolute atomic E-state index is 0.251. The molecular weight excluding hydrogens is 516 g/mol. The first kappa shape index (κ1) is 27.6. The summed E-state index contributed by atoms with van der Waals surface area (Å²) in [5.41, 5.74) is 3.27. The Balaban J connectivity index is 0.000000161. The van der Waals surface area contributed by atoms with Gasteiger partial charge in [-0.05, 0) is 73.4 Å². The molecule has 2 fully saturated rings. The van der Waals surface area contributed by atoms with Gasteiger partial charge < -0.3 is 28.4 Å². The lowest BCUT2D eigenvalue weighted by Gasteiger charge is -2.12. The molecule has 0 N–H and O–H groups in total. The zero-order valence-corrected chi connectivity index (χ0v) is 22.9. The van der Waals surface area contributed by atoms with Crippen molar-refractivity contribution in [3.63, 3.8) is 0 Å². The highest BCUT2D eigenvalue weighted by molar-refractivity contribution is 5.88. The second kappa shape index (κ2) is 13.0. The fraction of sp³-hybridized carbons (Fsp3) is 0.467. The molecule has 10 heteroatoms. The highest BCUT2D eigenvalue weighted by Gasteiger charge is 2.26. The molecule has 2 aromatic heterocycles. The van der Waals surface area contributed by atoms with Gasteiger partial charge in [-0.3, -0.25) is 0 Å². The van der Waals surface area contributed by atoms with Crippen molar-refractivity contribution in [2.45, 2.75) is 32.1 Å². The van der Waals surface area contributed by atoms with Crippen LogP contribution in [-0.4, -0.2) is 69.2 Å². The van der Waals surface area contributed by atoms with E-state index in [2.05, 4.69) is 9.97 Å². The summed E-state index contributed by atoms with van der Waals surface area (Å²) in [4.78, 5) is 31.7. The molecule has 2 aliphatic carbocycles. The Morgan fingerprint density at radius 2 is 1.40 bits per heavy atom. The maximum atomic E-state index is 11.6. The summed E-state index contributed by atoms with van der Waals surface area (Å²) >= 11 is 0. The summed E-state index contributed by atoms with van der Waals surface area (Å²) in [6.07, 6.45) is 9.72. The van der Waals surface area contributed by atoms with Gasteiger partial charge in [-0.15, -0.1) is 0 Å². The predicted molar refractivity (Wildman–Crippen MR) is 145 cm³/mol. The third kappa shape index (κ3) is 7.18. The van der Waals surface area contributed by atoms with E-state index in [1.54, 1.807) is 18.2 Å². The van der Waals surface area contributed by atoms with Crippen LogP contribution >= 0.6 is 0 Å². The normalized spacial score (nSPS) is 17.6.